The summed E-state index contributed by atoms with van der Waals surface area (Å²) in [6.45, 7) is 4.17. The third kappa shape index (κ3) is 4.80. The monoisotopic (exact) mass is 393 g/mol. The number of benzene rings is 2. The molecule has 152 valence electrons. The summed E-state index contributed by atoms with van der Waals surface area (Å²) in [6.07, 6.45) is 5.76. The van der Waals surface area contributed by atoms with Crippen LogP contribution < -0.4 is 14.2 Å². The second-order valence-electron chi connectivity index (χ2n) is 7.47. The third-order valence-corrected chi connectivity index (χ3v) is 5.45. The van der Waals surface area contributed by atoms with E-state index in [1.807, 2.05) is 42.5 Å². The second-order valence-corrected chi connectivity index (χ2v) is 7.47. The minimum Gasteiger partial charge on any atom is -0.497 e. The Morgan fingerprint density at radius 3 is 2.55 bits per heavy atom. The first-order valence-corrected chi connectivity index (χ1v) is 10.2. The van der Waals surface area contributed by atoms with Gasteiger partial charge in [-0.25, -0.2) is 0 Å². The van der Waals surface area contributed by atoms with Gasteiger partial charge in [-0.1, -0.05) is 18.6 Å². The zero-order chi connectivity index (χ0) is 20.1. The molecule has 0 radical (unpaired) electrons. The maximum Gasteiger partial charge on any atom is 0.196 e. The quantitative estimate of drug-likeness (QED) is 0.688. The topological polar surface area (TPSA) is 48.0 Å². The van der Waals surface area contributed by atoms with Crippen molar-refractivity contribution >= 4 is 11.9 Å². The van der Waals surface area contributed by atoms with E-state index in [9.17, 15) is 4.79 Å². The Hall–Kier alpha value is -2.79. The number of hydrogen-bond donors (Lipinski definition) is 0. The van der Waals surface area contributed by atoms with Gasteiger partial charge in [0, 0.05) is 18.2 Å². The standard InChI is InChI=1S/C24H27NO4/c1-27-20-7-5-18(6-8-20)15-19-17-29-23-16-21(9-10-22(23)24(19)26)28-14-13-25-11-3-2-4-12-25/h5-10,15-16H,2-4,11-14,17H2,1H3/b19-15+. The molecule has 5 nitrogen and oxygen atoms in total. The van der Waals surface area contributed by atoms with Gasteiger partial charge >= 0.3 is 0 Å². The van der Waals surface area contributed by atoms with E-state index < -0.39 is 0 Å². The number of methoxy groups -OCH3 is 1. The van der Waals surface area contributed by atoms with Gasteiger partial charge in [0.15, 0.2) is 5.78 Å². The van der Waals surface area contributed by atoms with Gasteiger partial charge in [0.2, 0.25) is 0 Å². The molecule has 29 heavy (non-hydrogen) atoms. The van der Waals surface area contributed by atoms with Crippen molar-refractivity contribution in [3.63, 3.8) is 0 Å². The molecule has 4 rings (SSSR count). The summed E-state index contributed by atoms with van der Waals surface area (Å²) in [4.78, 5) is 15.3. The van der Waals surface area contributed by atoms with Gasteiger partial charge in [0.05, 0.1) is 12.7 Å². The maximum absolute atomic E-state index is 12.9. The molecule has 5 heteroatoms. The summed E-state index contributed by atoms with van der Waals surface area (Å²) in [5, 5.41) is 0. The highest BCUT2D eigenvalue weighted by Gasteiger charge is 2.24. The summed E-state index contributed by atoms with van der Waals surface area (Å²) >= 11 is 0. The molecule has 1 fully saturated rings. The number of Topliss-reactive ketones (excluding diaryl/α,β-unsaturated/α-hetero) is 1. The van der Waals surface area contributed by atoms with Gasteiger partial charge in [0.1, 0.15) is 30.5 Å². The van der Waals surface area contributed by atoms with Crippen LogP contribution in [0.15, 0.2) is 48.0 Å². The van der Waals surface area contributed by atoms with E-state index in [4.69, 9.17) is 14.2 Å². The Morgan fingerprint density at radius 1 is 1.03 bits per heavy atom. The van der Waals surface area contributed by atoms with E-state index in [-0.39, 0.29) is 12.4 Å². The second kappa shape index (κ2) is 9.14. The average molecular weight is 393 g/mol. The van der Waals surface area contributed by atoms with Crippen LogP contribution in [0.3, 0.4) is 0 Å². The molecule has 2 aromatic rings. The predicted octanol–water partition coefficient (Wildman–Crippen LogP) is 4.22. The molecule has 0 aliphatic carbocycles. The molecule has 2 heterocycles. The lowest BCUT2D eigenvalue weighted by atomic mass is 9.98. The first-order valence-electron chi connectivity index (χ1n) is 10.2. The molecule has 0 atom stereocenters. The number of carbonyl (C=O) groups is 1. The molecule has 0 unspecified atom stereocenters. The molecule has 0 amide bonds. The normalized spacial score (nSPS) is 18.2. The number of fused-ring (bicyclic) bond motifs is 1. The summed E-state index contributed by atoms with van der Waals surface area (Å²) < 4.78 is 16.9. The van der Waals surface area contributed by atoms with Crippen molar-refractivity contribution in [2.75, 3.05) is 40.0 Å². The summed E-state index contributed by atoms with van der Waals surface area (Å²) in [5.41, 5.74) is 2.17. The van der Waals surface area contributed by atoms with Crippen molar-refractivity contribution in [2.45, 2.75) is 19.3 Å². The minimum atomic E-state index is 0.00179. The molecule has 2 aliphatic heterocycles. The zero-order valence-electron chi connectivity index (χ0n) is 16.9. The van der Waals surface area contributed by atoms with Crippen molar-refractivity contribution in [3.8, 4) is 17.2 Å². The highest BCUT2D eigenvalue weighted by atomic mass is 16.5. The summed E-state index contributed by atoms with van der Waals surface area (Å²) in [6, 6.07) is 13.1. The number of nitrogens with zero attached hydrogens (tertiary/aromatic N) is 1. The largest absolute Gasteiger partial charge is 0.497 e. The van der Waals surface area contributed by atoms with E-state index >= 15 is 0 Å². The molecule has 0 saturated carbocycles. The SMILES string of the molecule is COc1ccc(/C=C2\COc3cc(OCCN4CCCCC4)ccc3C2=O)cc1. The van der Waals surface area contributed by atoms with Crippen LogP contribution in [0.4, 0.5) is 0 Å². The fourth-order valence-electron chi connectivity index (χ4n) is 3.78. The molecule has 2 aliphatic rings. The van der Waals surface area contributed by atoms with E-state index in [1.165, 1.54) is 19.3 Å². The zero-order valence-corrected chi connectivity index (χ0v) is 16.9. The molecule has 0 aromatic heterocycles. The molecular formula is C24H27NO4. The number of carbonyl (C=O) groups excluding carboxylic acids is 1. The van der Waals surface area contributed by atoms with Gasteiger partial charge in [0.25, 0.3) is 0 Å². The van der Waals surface area contributed by atoms with Gasteiger partial charge in [-0.05, 0) is 61.8 Å². The molecule has 1 saturated heterocycles. The number of ketones is 1. The van der Waals surface area contributed by atoms with E-state index in [0.717, 1.165) is 36.7 Å². The molecule has 0 bridgehead atoms. The highest BCUT2D eigenvalue weighted by Crippen LogP contribution is 2.31. The summed E-state index contributed by atoms with van der Waals surface area (Å²) in [7, 11) is 1.63. The van der Waals surface area contributed by atoms with E-state index in [0.29, 0.717) is 23.5 Å². The smallest absolute Gasteiger partial charge is 0.196 e. The van der Waals surface area contributed by atoms with Crippen LogP contribution in [-0.4, -0.2) is 50.6 Å². The minimum absolute atomic E-state index is 0.00179. The molecular weight excluding hydrogens is 366 g/mol. The van der Waals surface area contributed by atoms with Gasteiger partial charge in [-0.2, -0.15) is 0 Å². The Morgan fingerprint density at radius 2 is 1.79 bits per heavy atom. The van der Waals surface area contributed by atoms with Crippen LogP contribution in [0.25, 0.3) is 6.08 Å². The van der Waals surface area contributed by atoms with Gasteiger partial charge in [-0.15, -0.1) is 0 Å². The number of likely N-dealkylation sites (tertiary alicyclic amines) is 1. The van der Waals surface area contributed by atoms with Crippen molar-refractivity contribution in [2.24, 2.45) is 0 Å². The number of ether oxygens (including phenoxy) is 3. The Kier molecular flexibility index (Phi) is 6.15. The van der Waals surface area contributed by atoms with Crippen molar-refractivity contribution in [1.82, 2.24) is 4.90 Å². The van der Waals surface area contributed by atoms with Crippen LogP contribution in [0, 0.1) is 0 Å². The molecule has 0 N–H and O–H groups in total. The van der Waals surface area contributed by atoms with Crippen LogP contribution in [0.2, 0.25) is 0 Å². The maximum atomic E-state index is 12.9. The molecule has 2 aromatic carbocycles. The third-order valence-electron chi connectivity index (χ3n) is 5.45. The Balaban J connectivity index is 1.39. The van der Waals surface area contributed by atoms with Crippen LogP contribution in [-0.2, 0) is 0 Å². The van der Waals surface area contributed by atoms with Crippen molar-refractivity contribution < 1.29 is 19.0 Å². The van der Waals surface area contributed by atoms with Gasteiger partial charge < -0.3 is 14.2 Å². The average Bonchev–Trinajstić information content (AvgIpc) is 2.77. The fourth-order valence-corrected chi connectivity index (χ4v) is 3.78. The lowest BCUT2D eigenvalue weighted by molar-refractivity contribution is 0.100. The van der Waals surface area contributed by atoms with Crippen LogP contribution >= 0.6 is 0 Å². The Labute approximate surface area is 171 Å². The first-order chi connectivity index (χ1) is 14.2. The fraction of sp³-hybridized carbons (Fsp3) is 0.375. The first kappa shape index (κ1) is 19.5. The summed E-state index contributed by atoms with van der Waals surface area (Å²) in [5.74, 6) is 2.13. The Bertz CT molecular complexity index is 882. The lowest BCUT2D eigenvalue weighted by Crippen LogP contribution is -2.33. The number of piperidine rings is 1. The molecule has 0 spiro atoms. The predicted molar refractivity (Wildman–Crippen MR) is 113 cm³/mol. The van der Waals surface area contributed by atoms with Crippen LogP contribution in [0.1, 0.15) is 35.2 Å². The van der Waals surface area contributed by atoms with Crippen molar-refractivity contribution in [3.05, 3.63) is 59.2 Å². The van der Waals surface area contributed by atoms with Crippen molar-refractivity contribution in [1.29, 1.82) is 0 Å². The van der Waals surface area contributed by atoms with Gasteiger partial charge in [-0.3, -0.25) is 9.69 Å². The number of hydrogen-bond acceptors (Lipinski definition) is 5. The van der Waals surface area contributed by atoms with E-state index in [2.05, 4.69) is 4.90 Å². The van der Waals surface area contributed by atoms with Crippen LogP contribution in [0.5, 0.6) is 17.2 Å². The number of rotatable bonds is 6. The lowest BCUT2D eigenvalue weighted by Gasteiger charge is -2.26. The highest BCUT2D eigenvalue weighted by molar-refractivity contribution is 6.14. The van der Waals surface area contributed by atoms with E-state index in [1.54, 1.807) is 13.2 Å².